The number of hydrogen-bond donors (Lipinski definition) is 3. The summed E-state index contributed by atoms with van der Waals surface area (Å²) in [5.74, 6) is 3.18. The molecule has 0 amide bonds. The van der Waals surface area contributed by atoms with Gasteiger partial charge in [-0.25, -0.2) is 37.9 Å². The van der Waals surface area contributed by atoms with Gasteiger partial charge in [-0.1, -0.05) is 266 Å². The summed E-state index contributed by atoms with van der Waals surface area (Å²) in [6.07, 6.45) is 10.2. The maximum absolute atomic E-state index is 11.6. The fourth-order valence-corrected chi connectivity index (χ4v) is 17.2. The molecule has 0 fully saturated rings. The molecule has 123 heavy (non-hydrogen) atoms. The van der Waals surface area contributed by atoms with E-state index in [-0.39, 0.29) is 43.3 Å². The second-order valence-corrected chi connectivity index (χ2v) is 46.3. The lowest BCUT2D eigenvalue weighted by molar-refractivity contribution is 0.356. The number of nitrogens with zero attached hydrogens (tertiary/aromatic N) is 7. The molecule has 0 saturated carbocycles. The smallest absolute Gasteiger partial charge is 0.200 e. The number of thiazole rings is 2. The van der Waals surface area contributed by atoms with Crippen LogP contribution in [0, 0.1) is 27.7 Å². The maximum atomic E-state index is 11.6. The van der Waals surface area contributed by atoms with Gasteiger partial charge in [0.1, 0.15) is 23.7 Å². The van der Waals surface area contributed by atoms with Gasteiger partial charge in [0, 0.05) is 45.6 Å². The van der Waals surface area contributed by atoms with E-state index in [4.69, 9.17) is 4.74 Å². The third kappa shape index (κ3) is 25.2. The summed E-state index contributed by atoms with van der Waals surface area (Å²) < 4.78 is 33.1. The first-order valence-electron chi connectivity index (χ1n) is 43.5. The van der Waals surface area contributed by atoms with Gasteiger partial charge in [-0.15, -0.1) is 22.7 Å². The van der Waals surface area contributed by atoms with E-state index in [2.05, 4.69) is 381 Å². The minimum atomic E-state index is -3.17. The molecule has 652 valence electrons. The summed E-state index contributed by atoms with van der Waals surface area (Å²) in [4.78, 5) is 32.7. The van der Waals surface area contributed by atoms with E-state index in [1.807, 2.05) is 48.1 Å². The van der Waals surface area contributed by atoms with Crippen LogP contribution in [0.3, 0.4) is 0 Å². The van der Waals surface area contributed by atoms with Gasteiger partial charge in [0.25, 0.3) is 0 Å². The highest BCUT2D eigenvalue weighted by atomic mass is 32.2. The number of para-hydroxylation sites is 2. The summed E-state index contributed by atoms with van der Waals surface area (Å²) in [6.45, 7) is 68.7. The normalized spacial score (nSPS) is 13.7. The van der Waals surface area contributed by atoms with E-state index in [0.717, 1.165) is 85.3 Å². The molecule has 18 rings (SSSR count). The van der Waals surface area contributed by atoms with Crippen LogP contribution in [-0.4, -0.2) is 64.5 Å². The van der Waals surface area contributed by atoms with Crippen molar-refractivity contribution in [2.45, 2.75) is 294 Å². The summed E-state index contributed by atoms with van der Waals surface area (Å²) in [7, 11) is -3.17. The molecule has 2 aliphatic heterocycles. The lowest BCUT2D eigenvalue weighted by Gasteiger charge is -2.22. The Morgan fingerprint density at radius 3 is 1.60 bits per heavy atom. The van der Waals surface area contributed by atoms with Crippen LogP contribution in [-0.2, 0) is 77.8 Å². The van der Waals surface area contributed by atoms with Gasteiger partial charge >= 0.3 is 0 Å². The molecule has 3 aliphatic rings. The second-order valence-electron chi connectivity index (χ2n) is 42.4. The van der Waals surface area contributed by atoms with Crippen molar-refractivity contribution in [3.8, 4) is 5.75 Å². The summed E-state index contributed by atoms with van der Waals surface area (Å²) >= 11 is 3.46. The minimum absolute atomic E-state index is 0.0207. The van der Waals surface area contributed by atoms with Crippen LogP contribution in [0.4, 0.5) is 0 Å². The molecule has 3 N–H and O–H groups in total. The van der Waals surface area contributed by atoms with E-state index in [9.17, 15) is 8.42 Å². The highest BCUT2D eigenvalue weighted by Crippen LogP contribution is 2.38. The van der Waals surface area contributed by atoms with E-state index in [0.29, 0.717) is 10.3 Å². The lowest BCUT2D eigenvalue weighted by Crippen LogP contribution is -2.13. The van der Waals surface area contributed by atoms with E-state index in [1.54, 1.807) is 62.3 Å². The zero-order valence-electron chi connectivity index (χ0n) is 79.6. The summed E-state index contributed by atoms with van der Waals surface area (Å²) in [5, 5.41) is 7.83. The number of rotatable bonds is 0. The van der Waals surface area contributed by atoms with Gasteiger partial charge in [0.05, 0.1) is 64.5 Å². The van der Waals surface area contributed by atoms with Crippen molar-refractivity contribution in [1.82, 2.24) is 49.5 Å². The number of nitrogens with one attached hydrogen (secondary N) is 3. The highest BCUT2D eigenvalue weighted by Gasteiger charge is 2.27. The monoisotopic (exact) mass is 1710 g/mol. The molecule has 0 radical (unpaired) electrons. The molecule has 8 aromatic carbocycles. The number of benzene rings is 8. The zero-order chi connectivity index (χ0) is 90.5. The maximum Gasteiger partial charge on any atom is 0.200 e. The average Bonchev–Trinajstić information content (AvgIpc) is 1.64. The Morgan fingerprint density at radius 2 is 0.976 bits per heavy atom. The number of H-pyrrole nitrogens is 3. The Balaban J connectivity index is 0.000000145. The van der Waals surface area contributed by atoms with Crippen LogP contribution >= 0.6 is 22.7 Å². The molecule has 13 nitrogen and oxygen atoms in total. The third-order valence-corrected chi connectivity index (χ3v) is 25.5. The number of sulfone groups is 1. The van der Waals surface area contributed by atoms with Gasteiger partial charge in [-0.3, -0.25) is 0 Å². The van der Waals surface area contributed by atoms with Gasteiger partial charge in [0.2, 0.25) is 0 Å². The first-order chi connectivity index (χ1) is 57.0. The van der Waals surface area contributed by atoms with Crippen molar-refractivity contribution in [3.05, 3.63) is 282 Å². The van der Waals surface area contributed by atoms with Crippen LogP contribution in [0.2, 0.25) is 0 Å². The second kappa shape index (κ2) is 37.5. The van der Waals surface area contributed by atoms with Gasteiger partial charge in [-0.05, 0) is 248 Å². The van der Waals surface area contributed by atoms with Crippen molar-refractivity contribution < 1.29 is 13.2 Å². The van der Waals surface area contributed by atoms with Crippen LogP contribution in [0.1, 0.15) is 288 Å². The molecule has 0 saturated heterocycles. The Bertz CT molecular complexity index is 6110. The molecule has 7 aromatic heterocycles. The van der Waals surface area contributed by atoms with Crippen LogP contribution < -0.4 is 4.74 Å². The fourth-order valence-electron chi connectivity index (χ4n) is 14.5. The Hall–Kier alpha value is -9.87. The summed E-state index contributed by atoms with van der Waals surface area (Å²) in [5.41, 5.74) is 30.8. The Kier molecular flexibility index (Phi) is 29.1. The van der Waals surface area contributed by atoms with Crippen LogP contribution in [0.25, 0.3) is 65.1 Å². The third-order valence-electron chi connectivity index (χ3n) is 22.3. The van der Waals surface area contributed by atoms with Crippen LogP contribution in [0.5, 0.6) is 5.75 Å². The molecule has 1 aliphatic carbocycles. The molecule has 0 atom stereocenters. The number of pyridine rings is 1. The molecule has 0 unspecified atom stereocenters. The molecule has 9 heterocycles. The molecule has 0 bridgehead atoms. The fraction of sp³-hybridized carbons (Fsp3) is 0.421. The largest absolute Gasteiger partial charge is 0.493 e. The zero-order valence-corrected chi connectivity index (χ0v) is 82.0. The van der Waals surface area contributed by atoms with Gasteiger partial charge < -0.3 is 19.7 Å². The van der Waals surface area contributed by atoms with Gasteiger partial charge in [0.15, 0.2) is 15.5 Å². The van der Waals surface area contributed by atoms with E-state index in [1.165, 1.54) is 95.2 Å². The Labute approximate surface area is 743 Å². The number of aryl methyl sites for hydroxylation is 5. The number of fused-ring (bicyclic) bond motifs is 9. The molecule has 15 aromatic rings. The summed E-state index contributed by atoms with van der Waals surface area (Å²) in [6, 6.07) is 57.5. The predicted octanol–water partition coefficient (Wildman–Crippen LogP) is 28.8. The Morgan fingerprint density at radius 1 is 0.423 bits per heavy atom. The van der Waals surface area contributed by atoms with Crippen molar-refractivity contribution in [3.63, 3.8) is 0 Å². The van der Waals surface area contributed by atoms with Crippen molar-refractivity contribution in [1.29, 1.82) is 0 Å². The van der Waals surface area contributed by atoms with Gasteiger partial charge in [-0.2, -0.15) is 5.10 Å². The van der Waals surface area contributed by atoms with Crippen molar-refractivity contribution in [2.75, 3.05) is 6.61 Å². The quantitative estimate of drug-likeness (QED) is 0.134. The molecule has 0 spiro atoms. The number of aromatic amines is 3. The highest BCUT2D eigenvalue weighted by molar-refractivity contribution is 7.94. The van der Waals surface area contributed by atoms with Crippen molar-refractivity contribution >= 4 is 97.6 Å². The standard InChI is InChI=1S/C13H18N2.C13H17N.C13H18.C12H15NS.C12H14O2S.C12H16O.C11H14N2.C11H13NS.C10H13N3/c1-8-6-10-11(7-9(8)2)15-12(14-10)13(3,4)5;1-9-7-10-8-11(13(2,3)4)5-6-12(10)14-9;1-13(2,3)12-9-5-7-10-6-4-8-11(10)12;1-8-13-10-7-9(12(2,3)4)5-6-11(10)14-8;1-12(2,3)10-5-4-9-6-7-15(13,14)11(9)8-10;1-12(2,3)10-4-5-11-9(8-10)6-7-13-11;1-11(2,3)10-12-8-6-4-5-7-9(8)13-10;1-11(2,3)8-4-5-10-9(6-8)12-7-13-10;1-10(2,3)8-5-4-6-13-9(8)11-7-12-13/h6-7H,1-5H3,(H,14,15);5-8,14H,1-4H3;5,7,9H,4,6,8H2,1-3H3;5-7H,1-4H3;4-8H,1-3H3;4-5,8H,6-7H2,1-3H3;4-7H,1-3H3,(H,12,13);2*4-7H,1-3H3. The van der Waals surface area contributed by atoms with Crippen LogP contribution in [0.15, 0.2) is 192 Å². The average molecular weight is 1710 g/mol. The molecular formula is C107H138N10O3S3. The molecular weight excluding hydrogens is 1570 g/mol. The van der Waals surface area contributed by atoms with E-state index >= 15 is 0 Å². The predicted molar refractivity (Wildman–Crippen MR) is 527 cm³/mol. The SMILES string of the molecule is CC(C)(C)c1ccc2c(c1)CCO2.CC(C)(C)c1ccc2c(c1)S(=O)(=O)C=C2.CC(C)(C)c1ccc2scnc2c1.CC(C)(C)c1cccc2c1CCC2.CC(C)(C)c1cccn2ncnc12.CC(C)(C)c1nc2ccccc2[nH]1.Cc1cc2cc(C(C)(C)C)ccc2[nH]1.Cc1cc2nc(C(C)(C)C)[nH]c2cc1C.Cc1nc2cc(C(C)(C)C)ccc2s1. The van der Waals surface area contributed by atoms with Crippen molar-refractivity contribution in [2.24, 2.45) is 0 Å². The lowest BCUT2D eigenvalue weighted by atomic mass is 9.83. The number of imidazole rings is 2. The molecule has 16 heteroatoms. The first-order valence-corrected chi connectivity index (χ1v) is 46.7. The number of ether oxygens (including phenoxy) is 1. The minimum Gasteiger partial charge on any atom is -0.493 e. The number of hydrogen-bond acceptors (Lipinski definition) is 11. The van der Waals surface area contributed by atoms with E-state index < -0.39 is 9.84 Å². The number of aromatic nitrogens is 10. The topological polar surface area (TPSA) is 172 Å². The first kappa shape index (κ1) is 95.4.